The largest absolute Gasteiger partial charge is 0.467 e. The first-order valence-electron chi connectivity index (χ1n) is 6.43. The standard InChI is InChI=1S/C13H20F3NO2/c1-2-6-17-9-11-4-8-19-12(11)10-18-7-3-5-13(14,15)16/h4,8,17H,2-3,5-7,9-10H2,1H3. The van der Waals surface area contributed by atoms with Crippen LogP contribution >= 0.6 is 0 Å². The second-order valence-corrected chi connectivity index (χ2v) is 4.32. The summed E-state index contributed by atoms with van der Waals surface area (Å²) in [5.74, 6) is 0.676. The van der Waals surface area contributed by atoms with Crippen LogP contribution in [0.4, 0.5) is 13.2 Å². The second kappa shape index (κ2) is 8.22. The van der Waals surface area contributed by atoms with E-state index in [4.69, 9.17) is 9.15 Å². The van der Waals surface area contributed by atoms with Gasteiger partial charge < -0.3 is 14.5 Å². The van der Waals surface area contributed by atoms with Crippen molar-refractivity contribution in [3.8, 4) is 0 Å². The molecule has 0 saturated heterocycles. The van der Waals surface area contributed by atoms with E-state index in [1.165, 1.54) is 0 Å². The molecule has 3 nitrogen and oxygen atoms in total. The Morgan fingerprint density at radius 1 is 1.37 bits per heavy atom. The van der Waals surface area contributed by atoms with Gasteiger partial charge in [-0.05, 0) is 25.5 Å². The van der Waals surface area contributed by atoms with E-state index in [2.05, 4.69) is 12.2 Å². The summed E-state index contributed by atoms with van der Waals surface area (Å²) >= 11 is 0. The monoisotopic (exact) mass is 279 g/mol. The molecule has 19 heavy (non-hydrogen) atoms. The maximum absolute atomic E-state index is 11.9. The molecule has 1 aromatic rings. The molecule has 1 rings (SSSR count). The predicted octanol–water partition coefficient (Wildman–Crippen LogP) is 3.64. The summed E-state index contributed by atoms with van der Waals surface area (Å²) in [6.45, 7) is 3.98. The maximum atomic E-state index is 11.9. The maximum Gasteiger partial charge on any atom is 0.389 e. The molecule has 110 valence electrons. The van der Waals surface area contributed by atoms with Gasteiger partial charge in [-0.2, -0.15) is 13.2 Å². The highest BCUT2D eigenvalue weighted by molar-refractivity contribution is 5.16. The van der Waals surface area contributed by atoms with Crippen LogP contribution in [-0.2, 0) is 17.9 Å². The minimum absolute atomic E-state index is 0.0202. The highest BCUT2D eigenvalue weighted by Crippen LogP contribution is 2.21. The summed E-state index contributed by atoms with van der Waals surface area (Å²) in [5.41, 5.74) is 0.990. The summed E-state index contributed by atoms with van der Waals surface area (Å²) in [5, 5.41) is 3.24. The van der Waals surface area contributed by atoms with Crippen molar-refractivity contribution in [2.45, 2.75) is 45.5 Å². The molecule has 0 radical (unpaired) electrons. The van der Waals surface area contributed by atoms with Crippen LogP contribution < -0.4 is 5.32 Å². The Hall–Kier alpha value is -1.01. The molecule has 1 aromatic heterocycles. The fourth-order valence-electron chi connectivity index (χ4n) is 1.59. The van der Waals surface area contributed by atoms with E-state index in [-0.39, 0.29) is 19.6 Å². The van der Waals surface area contributed by atoms with Crippen LogP contribution in [0.25, 0.3) is 0 Å². The van der Waals surface area contributed by atoms with Gasteiger partial charge in [0.25, 0.3) is 0 Å². The van der Waals surface area contributed by atoms with Crippen molar-refractivity contribution < 1.29 is 22.3 Å². The lowest BCUT2D eigenvalue weighted by atomic mass is 10.2. The van der Waals surface area contributed by atoms with Crippen molar-refractivity contribution in [3.63, 3.8) is 0 Å². The third kappa shape index (κ3) is 7.22. The van der Waals surface area contributed by atoms with E-state index in [0.29, 0.717) is 12.3 Å². The zero-order valence-electron chi connectivity index (χ0n) is 11.1. The van der Waals surface area contributed by atoms with E-state index in [1.807, 2.05) is 6.07 Å². The number of hydrogen-bond donors (Lipinski definition) is 1. The SMILES string of the molecule is CCCNCc1ccoc1COCCCC(F)(F)F. The molecule has 0 saturated carbocycles. The van der Waals surface area contributed by atoms with E-state index >= 15 is 0 Å². The van der Waals surface area contributed by atoms with Crippen molar-refractivity contribution >= 4 is 0 Å². The Bertz CT molecular complexity index is 350. The smallest absolute Gasteiger partial charge is 0.389 e. The summed E-state index contributed by atoms with van der Waals surface area (Å²) in [6, 6.07) is 1.84. The van der Waals surface area contributed by atoms with E-state index < -0.39 is 12.6 Å². The third-order valence-electron chi connectivity index (χ3n) is 2.56. The van der Waals surface area contributed by atoms with Crippen molar-refractivity contribution in [1.82, 2.24) is 5.32 Å². The van der Waals surface area contributed by atoms with Crippen LogP contribution in [0.15, 0.2) is 16.7 Å². The molecular formula is C13H20F3NO2. The molecule has 0 bridgehead atoms. The number of ether oxygens (including phenoxy) is 1. The summed E-state index contributed by atoms with van der Waals surface area (Å²) in [6.07, 6.45) is -2.33. The summed E-state index contributed by atoms with van der Waals surface area (Å²) < 4.78 is 46.2. The number of alkyl halides is 3. The van der Waals surface area contributed by atoms with Gasteiger partial charge in [0.05, 0.1) is 6.26 Å². The molecule has 0 spiro atoms. The van der Waals surface area contributed by atoms with E-state index in [9.17, 15) is 13.2 Å². The van der Waals surface area contributed by atoms with Crippen LogP contribution in [0.1, 0.15) is 37.5 Å². The summed E-state index contributed by atoms with van der Waals surface area (Å²) in [7, 11) is 0. The van der Waals surface area contributed by atoms with Crippen molar-refractivity contribution in [3.05, 3.63) is 23.7 Å². The van der Waals surface area contributed by atoms with Gasteiger partial charge in [-0.15, -0.1) is 0 Å². The zero-order chi connectivity index (χ0) is 14.1. The van der Waals surface area contributed by atoms with Gasteiger partial charge in [-0.25, -0.2) is 0 Å². The molecule has 0 unspecified atom stereocenters. The van der Waals surface area contributed by atoms with Crippen LogP contribution in [0.5, 0.6) is 0 Å². The van der Waals surface area contributed by atoms with Crippen molar-refractivity contribution in [2.75, 3.05) is 13.2 Å². The van der Waals surface area contributed by atoms with Gasteiger partial charge >= 0.3 is 6.18 Å². The van der Waals surface area contributed by atoms with Gasteiger partial charge in [-0.3, -0.25) is 0 Å². The first kappa shape index (κ1) is 16.0. The topological polar surface area (TPSA) is 34.4 Å². The Labute approximate surface area is 111 Å². The van der Waals surface area contributed by atoms with Crippen LogP contribution in [0.3, 0.4) is 0 Å². The Kier molecular flexibility index (Phi) is 6.94. The van der Waals surface area contributed by atoms with E-state index in [0.717, 1.165) is 18.5 Å². The molecule has 0 aliphatic rings. The lowest BCUT2D eigenvalue weighted by Gasteiger charge is -2.07. The average Bonchev–Trinajstić information content (AvgIpc) is 2.75. The first-order chi connectivity index (χ1) is 9.03. The molecule has 0 aromatic carbocycles. The summed E-state index contributed by atoms with van der Waals surface area (Å²) in [4.78, 5) is 0. The van der Waals surface area contributed by atoms with Gasteiger partial charge in [-0.1, -0.05) is 6.92 Å². The Morgan fingerprint density at radius 3 is 2.84 bits per heavy atom. The number of hydrogen-bond acceptors (Lipinski definition) is 3. The molecular weight excluding hydrogens is 259 g/mol. The quantitative estimate of drug-likeness (QED) is 0.701. The van der Waals surface area contributed by atoms with Crippen LogP contribution in [-0.4, -0.2) is 19.3 Å². The number of furan rings is 1. The fourth-order valence-corrected chi connectivity index (χ4v) is 1.59. The molecule has 0 aliphatic carbocycles. The predicted molar refractivity (Wildman–Crippen MR) is 65.7 cm³/mol. The molecule has 0 aliphatic heterocycles. The minimum Gasteiger partial charge on any atom is -0.467 e. The molecule has 1 N–H and O–H groups in total. The molecule has 0 fully saturated rings. The Morgan fingerprint density at radius 2 is 2.16 bits per heavy atom. The van der Waals surface area contributed by atoms with Crippen LogP contribution in [0.2, 0.25) is 0 Å². The minimum atomic E-state index is -4.11. The van der Waals surface area contributed by atoms with Crippen molar-refractivity contribution in [2.24, 2.45) is 0 Å². The molecule has 6 heteroatoms. The number of nitrogens with one attached hydrogen (secondary N) is 1. The van der Waals surface area contributed by atoms with Gasteiger partial charge in [0.1, 0.15) is 12.4 Å². The fraction of sp³-hybridized carbons (Fsp3) is 0.692. The normalized spacial score (nSPS) is 12.0. The number of halogens is 3. The lowest BCUT2D eigenvalue weighted by Crippen LogP contribution is -2.14. The zero-order valence-corrected chi connectivity index (χ0v) is 11.1. The second-order valence-electron chi connectivity index (χ2n) is 4.32. The molecule has 0 atom stereocenters. The molecule has 1 heterocycles. The van der Waals surface area contributed by atoms with Crippen LogP contribution in [0, 0.1) is 0 Å². The van der Waals surface area contributed by atoms with E-state index in [1.54, 1.807) is 6.26 Å². The van der Waals surface area contributed by atoms with Gasteiger partial charge in [0.2, 0.25) is 0 Å². The first-order valence-corrected chi connectivity index (χ1v) is 6.43. The molecule has 0 amide bonds. The highest BCUT2D eigenvalue weighted by Gasteiger charge is 2.25. The van der Waals surface area contributed by atoms with Crippen molar-refractivity contribution in [1.29, 1.82) is 0 Å². The average molecular weight is 279 g/mol. The number of rotatable bonds is 9. The van der Waals surface area contributed by atoms with Gasteiger partial charge in [0, 0.05) is 25.1 Å². The third-order valence-corrected chi connectivity index (χ3v) is 2.56. The Balaban J connectivity index is 2.20. The highest BCUT2D eigenvalue weighted by atomic mass is 19.4. The lowest BCUT2D eigenvalue weighted by molar-refractivity contribution is -0.138. The van der Waals surface area contributed by atoms with Gasteiger partial charge in [0.15, 0.2) is 0 Å².